The average Bonchev–Trinajstić information content (AvgIpc) is 2.46. The fraction of sp³-hybridized carbons (Fsp3) is 0.692. The van der Waals surface area contributed by atoms with Crippen molar-refractivity contribution in [2.45, 2.75) is 19.4 Å². The van der Waals surface area contributed by atoms with Gasteiger partial charge in [-0.2, -0.15) is 0 Å². The van der Waals surface area contributed by atoms with E-state index in [0.717, 1.165) is 32.8 Å². The molecule has 0 aliphatic carbocycles. The van der Waals surface area contributed by atoms with Crippen LogP contribution in [0.25, 0.3) is 0 Å². The first-order valence-corrected chi connectivity index (χ1v) is 6.55. The molecule has 0 radical (unpaired) electrons. The van der Waals surface area contributed by atoms with Gasteiger partial charge >= 0.3 is 0 Å². The molecule has 1 aromatic rings. The van der Waals surface area contributed by atoms with E-state index in [-0.39, 0.29) is 5.54 Å². The molecule has 2 heterocycles. The third kappa shape index (κ3) is 3.54. The van der Waals surface area contributed by atoms with E-state index in [2.05, 4.69) is 34.0 Å². The first-order chi connectivity index (χ1) is 9.13. The van der Waals surface area contributed by atoms with Crippen LogP contribution in [-0.4, -0.2) is 60.4 Å². The van der Waals surface area contributed by atoms with E-state index in [1.807, 2.05) is 0 Å². The molecule has 1 aliphatic heterocycles. The smallest absolute Gasteiger partial charge is 0.257 e. The minimum Gasteiger partial charge on any atom is -0.478 e. The molecule has 0 saturated carbocycles. The van der Waals surface area contributed by atoms with Crippen molar-refractivity contribution in [2.24, 2.45) is 0 Å². The largest absolute Gasteiger partial charge is 0.478 e. The molecule has 1 fully saturated rings. The third-order valence-corrected chi connectivity index (χ3v) is 3.41. The normalized spacial score (nSPS) is 17.2. The Morgan fingerprint density at radius 3 is 2.68 bits per heavy atom. The zero-order chi connectivity index (χ0) is 13.7. The van der Waals surface area contributed by atoms with Crippen molar-refractivity contribution in [3.8, 4) is 5.88 Å². The van der Waals surface area contributed by atoms with Crippen LogP contribution in [0.1, 0.15) is 13.8 Å². The maximum absolute atomic E-state index is 5.39. The lowest BCUT2D eigenvalue weighted by atomic mass is 10.0. The van der Waals surface area contributed by atoms with Crippen molar-refractivity contribution in [3.05, 3.63) is 12.4 Å². The second-order valence-corrected chi connectivity index (χ2v) is 5.18. The predicted molar refractivity (Wildman–Crippen MR) is 73.5 cm³/mol. The highest BCUT2D eigenvalue weighted by molar-refractivity contribution is 5.44. The lowest BCUT2D eigenvalue weighted by Crippen LogP contribution is -2.53. The molecule has 1 saturated heterocycles. The van der Waals surface area contributed by atoms with Crippen molar-refractivity contribution in [3.63, 3.8) is 0 Å². The number of ether oxygens (including phenoxy) is 2. The second-order valence-electron chi connectivity index (χ2n) is 5.18. The maximum Gasteiger partial charge on any atom is 0.257 e. The van der Waals surface area contributed by atoms with Crippen LogP contribution in [0.5, 0.6) is 5.88 Å². The van der Waals surface area contributed by atoms with Crippen LogP contribution in [0.15, 0.2) is 12.4 Å². The monoisotopic (exact) mass is 266 g/mol. The van der Waals surface area contributed by atoms with Crippen LogP contribution < -0.4 is 10.1 Å². The number of rotatable bonds is 5. The van der Waals surface area contributed by atoms with Gasteiger partial charge in [-0.1, -0.05) is 0 Å². The number of hydrogen-bond donors (Lipinski definition) is 1. The topological polar surface area (TPSA) is 59.5 Å². The Hall–Kier alpha value is -1.40. The van der Waals surface area contributed by atoms with Gasteiger partial charge in [0.2, 0.25) is 0 Å². The van der Waals surface area contributed by atoms with E-state index >= 15 is 0 Å². The van der Waals surface area contributed by atoms with E-state index < -0.39 is 0 Å². The average molecular weight is 266 g/mol. The summed E-state index contributed by atoms with van der Waals surface area (Å²) in [7, 11) is 1.60. The SMILES string of the molecule is COc1nccnc1NCC(C)(C)N1CCOCC1. The molecule has 1 aromatic heterocycles. The fourth-order valence-corrected chi connectivity index (χ4v) is 2.18. The summed E-state index contributed by atoms with van der Waals surface area (Å²) in [6, 6.07) is 0. The van der Waals surface area contributed by atoms with Gasteiger partial charge in [0.05, 0.1) is 20.3 Å². The molecule has 6 nitrogen and oxygen atoms in total. The zero-order valence-corrected chi connectivity index (χ0v) is 11.8. The van der Waals surface area contributed by atoms with Crippen molar-refractivity contribution >= 4 is 5.82 Å². The third-order valence-electron chi connectivity index (χ3n) is 3.41. The Morgan fingerprint density at radius 2 is 2.00 bits per heavy atom. The van der Waals surface area contributed by atoms with Crippen LogP contribution in [0.2, 0.25) is 0 Å². The molecular formula is C13H22N4O2. The molecule has 1 aliphatic rings. The Morgan fingerprint density at radius 1 is 1.32 bits per heavy atom. The van der Waals surface area contributed by atoms with Gasteiger partial charge in [0.1, 0.15) is 0 Å². The van der Waals surface area contributed by atoms with E-state index in [4.69, 9.17) is 9.47 Å². The van der Waals surface area contributed by atoms with Crippen LogP contribution in [0.3, 0.4) is 0 Å². The summed E-state index contributed by atoms with van der Waals surface area (Å²) in [4.78, 5) is 10.8. The number of nitrogens with zero attached hydrogens (tertiary/aromatic N) is 3. The molecule has 0 bridgehead atoms. The lowest BCUT2D eigenvalue weighted by molar-refractivity contribution is -0.00571. The van der Waals surface area contributed by atoms with Crippen LogP contribution >= 0.6 is 0 Å². The van der Waals surface area contributed by atoms with E-state index in [1.165, 1.54) is 0 Å². The highest BCUT2D eigenvalue weighted by Gasteiger charge is 2.28. The maximum atomic E-state index is 5.39. The Kier molecular flexibility index (Phi) is 4.55. The summed E-state index contributed by atoms with van der Waals surface area (Å²) in [5.41, 5.74) is 0.0340. The summed E-state index contributed by atoms with van der Waals surface area (Å²) >= 11 is 0. The molecule has 2 rings (SSSR count). The molecular weight excluding hydrogens is 244 g/mol. The van der Waals surface area contributed by atoms with Gasteiger partial charge in [0.15, 0.2) is 5.82 Å². The number of morpholine rings is 1. The molecule has 0 unspecified atom stereocenters. The highest BCUT2D eigenvalue weighted by Crippen LogP contribution is 2.20. The van der Waals surface area contributed by atoms with Crippen LogP contribution in [0, 0.1) is 0 Å². The first-order valence-electron chi connectivity index (χ1n) is 6.55. The molecule has 1 N–H and O–H groups in total. The number of anilines is 1. The van der Waals surface area contributed by atoms with Crippen molar-refractivity contribution in [1.82, 2.24) is 14.9 Å². The highest BCUT2D eigenvalue weighted by atomic mass is 16.5. The summed E-state index contributed by atoms with van der Waals surface area (Å²) < 4.78 is 10.6. The summed E-state index contributed by atoms with van der Waals surface area (Å²) in [6.45, 7) is 8.75. The molecule has 6 heteroatoms. The van der Waals surface area contributed by atoms with E-state index in [9.17, 15) is 0 Å². The Bertz CT molecular complexity index is 405. The summed E-state index contributed by atoms with van der Waals surface area (Å²) in [6.07, 6.45) is 3.28. The molecule has 106 valence electrons. The zero-order valence-electron chi connectivity index (χ0n) is 11.8. The number of aromatic nitrogens is 2. The molecule has 0 aromatic carbocycles. The minimum absolute atomic E-state index is 0.0340. The number of nitrogens with one attached hydrogen (secondary N) is 1. The number of methoxy groups -OCH3 is 1. The lowest BCUT2D eigenvalue weighted by Gasteiger charge is -2.41. The quantitative estimate of drug-likeness (QED) is 0.858. The number of hydrogen-bond acceptors (Lipinski definition) is 6. The van der Waals surface area contributed by atoms with E-state index in [1.54, 1.807) is 19.5 Å². The van der Waals surface area contributed by atoms with Gasteiger partial charge in [-0.05, 0) is 13.8 Å². The Labute approximate surface area is 114 Å². The van der Waals surface area contributed by atoms with Crippen molar-refractivity contribution in [1.29, 1.82) is 0 Å². The van der Waals surface area contributed by atoms with Crippen molar-refractivity contribution < 1.29 is 9.47 Å². The van der Waals surface area contributed by atoms with Gasteiger partial charge in [-0.3, -0.25) is 4.90 Å². The standard InChI is InChI=1S/C13H22N4O2/c1-13(2,17-6-8-19-9-7-17)10-16-11-12(18-3)15-5-4-14-11/h4-5H,6-10H2,1-3H3,(H,14,16). The second kappa shape index (κ2) is 6.16. The van der Waals surface area contributed by atoms with Crippen LogP contribution in [-0.2, 0) is 4.74 Å². The van der Waals surface area contributed by atoms with Crippen LogP contribution in [0.4, 0.5) is 5.82 Å². The fourth-order valence-electron chi connectivity index (χ4n) is 2.18. The molecule has 0 amide bonds. The molecule has 0 spiro atoms. The molecule has 0 atom stereocenters. The van der Waals surface area contributed by atoms with E-state index in [0.29, 0.717) is 11.7 Å². The Balaban J connectivity index is 1.96. The molecule has 19 heavy (non-hydrogen) atoms. The van der Waals surface area contributed by atoms with Crippen molar-refractivity contribution in [2.75, 3.05) is 45.3 Å². The first kappa shape index (κ1) is 14.0. The van der Waals surface area contributed by atoms with Gasteiger partial charge in [0.25, 0.3) is 5.88 Å². The van der Waals surface area contributed by atoms with Gasteiger partial charge in [-0.15, -0.1) is 0 Å². The predicted octanol–water partition coefficient (Wildman–Crippen LogP) is 1.01. The minimum atomic E-state index is 0.0340. The van der Waals surface area contributed by atoms with Gasteiger partial charge < -0.3 is 14.8 Å². The summed E-state index contributed by atoms with van der Waals surface area (Å²) in [5.74, 6) is 1.21. The van der Waals surface area contributed by atoms with Gasteiger partial charge in [-0.25, -0.2) is 9.97 Å². The summed E-state index contributed by atoms with van der Waals surface area (Å²) in [5, 5.41) is 3.32. The van der Waals surface area contributed by atoms with Gasteiger partial charge in [0, 0.05) is 37.6 Å².